The van der Waals surface area contributed by atoms with E-state index in [2.05, 4.69) is 21.0 Å². The average Bonchev–Trinajstić information content (AvgIpc) is 2.34. The fourth-order valence-electron chi connectivity index (χ4n) is 1.15. The number of rotatable bonds is 5. The summed E-state index contributed by atoms with van der Waals surface area (Å²) in [5, 5.41) is 5.89. The van der Waals surface area contributed by atoms with Gasteiger partial charge in [-0.3, -0.25) is 0 Å². The lowest BCUT2D eigenvalue weighted by molar-refractivity contribution is 0.218. The Kier molecular flexibility index (Phi) is 5.02. The van der Waals surface area contributed by atoms with E-state index in [-0.39, 0.29) is 6.03 Å². The van der Waals surface area contributed by atoms with Crippen molar-refractivity contribution in [1.29, 1.82) is 0 Å². The minimum absolute atomic E-state index is 0.106. The van der Waals surface area contributed by atoms with Gasteiger partial charge in [-0.15, -0.1) is 0 Å². The molecular weight excluding hydrogens is 220 g/mol. The number of amides is 2. The molecule has 2 amide bonds. The normalized spacial score (nSPS) is 9.59. The number of hydrogen-bond donors (Lipinski definition) is 4. The zero-order chi connectivity index (χ0) is 12.7. The van der Waals surface area contributed by atoms with Crippen LogP contribution in [0.2, 0.25) is 0 Å². The number of urea groups is 1. The molecule has 0 aliphatic carbocycles. The number of nitrogens with zero attached hydrogens (tertiary/aromatic N) is 2. The first-order chi connectivity index (χ1) is 8.13. The molecule has 0 radical (unpaired) electrons. The zero-order valence-electron chi connectivity index (χ0n) is 10.0. The summed E-state index contributed by atoms with van der Waals surface area (Å²) < 4.78 is 0. The molecule has 0 unspecified atom stereocenters. The van der Waals surface area contributed by atoms with Crippen molar-refractivity contribution in [2.45, 2.75) is 0 Å². The van der Waals surface area contributed by atoms with Crippen LogP contribution in [0.5, 0.6) is 0 Å². The smallest absolute Gasteiger partial charge is 0.316 e. The molecule has 0 aromatic carbocycles. The first-order valence-corrected chi connectivity index (χ1v) is 5.25. The van der Waals surface area contributed by atoms with Crippen molar-refractivity contribution in [3.63, 3.8) is 0 Å². The molecule has 0 fully saturated rings. The Bertz CT molecular complexity index is 368. The van der Waals surface area contributed by atoms with Gasteiger partial charge in [-0.05, 0) is 6.07 Å². The van der Waals surface area contributed by atoms with Crippen LogP contribution in [0.1, 0.15) is 0 Å². The molecule has 1 aromatic heterocycles. The van der Waals surface area contributed by atoms with Crippen LogP contribution in [-0.2, 0) is 0 Å². The van der Waals surface area contributed by atoms with Gasteiger partial charge in [0.15, 0.2) is 0 Å². The largest absolute Gasteiger partial charge is 0.383 e. The summed E-state index contributed by atoms with van der Waals surface area (Å²) in [4.78, 5) is 16.7. The van der Waals surface area contributed by atoms with E-state index in [1.165, 1.54) is 4.90 Å². The lowest BCUT2D eigenvalue weighted by Crippen LogP contribution is -2.37. The second kappa shape index (κ2) is 6.54. The molecule has 0 bridgehead atoms. The number of nitrogens with two attached hydrogens (primary N) is 1. The first kappa shape index (κ1) is 13.0. The number of hydrogen-bond acceptors (Lipinski definition) is 5. The van der Waals surface area contributed by atoms with Crippen molar-refractivity contribution in [2.24, 2.45) is 5.84 Å². The van der Waals surface area contributed by atoms with Crippen molar-refractivity contribution in [1.82, 2.24) is 15.2 Å². The van der Waals surface area contributed by atoms with Gasteiger partial charge >= 0.3 is 6.03 Å². The van der Waals surface area contributed by atoms with E-state index in [9.17, 15) is 4.79 Å². The van der Waals surface area contributed by atoms with Gasteiger partial charge in [-0.2, -0.15) is 0 Å². The van der Waals surface area contributed by atoms with Crippen LogP contribution < -0.4 is 21.9 Å². The number of carbonyl (C=O) groups is 1. The predicted octanol–water partition coefficient (Wildman–Crippen LogP) is 0.0503. The molecule has 0 saturated carbocycles. The number of nitrogens with one attached hydrogen (secondary N) is 3. The lowest BCUT2D eigenvalue weighted by Gasteiger charge is -2.12. The van der Waals surface area contributed by atoms with Gasteiger partial charge in [0.2, 0.25) is 0 Å². The molecule has 5 N–H and O–H groups in total. The van der Waals surface area contributed by atoms with E-state index < -0.39 is 0 Å². The molecule has 0 spiro atoms. The molecule has 1 rings (SSSR count). The van der Waals surface area contributed by atoms with Crippen molar-refractivity contribution in [2.75, 3.05) is 37.9 Å². The number of hydrazine groups is 1. The molecule has 94 valence electrons. The first-order valence-electron chi connectivity index (χ1n) is 5.25. The van der Waals surface area contributed by atoms with Gasteiger partial charge in [-0.1, -0.05) is 0 Å². The maximum Gasteiger partial charge on any atom is 0.316 e. The standard InChI is InChI=1S/C10H18N6O/c1-16(2)10(17)14-6-5-12-8-3-4-13-9(7-8)15-11/h3-4,7H,5-6,11H2,1-2H3,(H,14,17)(H2,12,13,15). The van der Waals surface area contributed by atoms with Crippen LogP contribution in [0.15, 0.2) is 18.3 Å². The minimum atomic E-state index is -0.106. The summed E-state index contributed by atoms with van der Waals surface area (Å²) in [5.41, 5.74) is 3.36. The van der Waals surface area contributed by atoms with Crippen LogP contribution in [0.3, 0.4) is 0 Å². The van der Waals surface area contributed by atoms with Crippen molar-refractivity contribution in [3.8, 4) is 0 Å². The van der Waals surface area contributed by atoms with E-state index in [0.717, 1.165) is 5.69 Å². The monoisotopic (exact) mass is 238 g/mol. The van der Waals surface area contributed by atoms with Gasteiger partial charge in [0.25, 0.3) is 0 Å². The summed E-state index contributed by atoms with van der Waals surface area (Å²) >= 11 is 0. The van der Waals surface area contributed by atoms with Crippen LogP contribution in [0.4, 0.5) is 16.3 Å². The quantitative estimate of drug-likeness (QED) is 0.330. The SMILES string of the molecule is CN(C)C(=O)NCCNc1ccnc(NN)c1. The number of aromatic nitrogens is 1. The Morgan fingerprint density at radius 2 is 2.24 bits per heavy atom. The van der Waals surface area contributed by atoms with Crippen LogP contribution >= 0.6 is 0 Å². The van der Waals surface area contributed by atoms with Gasteiger partial charge in [0, 0.05) is 45.1 Å². The van der Waals surface area contributed by atoms with E-state index >= 15 is 0 Å². The van der Waals surface area contributed by atoms with Crippen molar-refractivity contribution >= 4 is 17.5 Å². The Morgan fingerprint density at radius 3 is 2.88 bits per heavy atom. The molecule has 0 atom stereocenters. The highest BCUT2D eigenvalue weighted by atomic mass is 16.2. The van der Waals surface area contributed by atoms with Crippen molar-refractivity contribution in [3.05, 3.63) is 18.3 Å². The predicted molar refractivity (Wildman–Crippen MR) is 67.6 cm³/mol. The summed E-state index contributed by atoms with van der Waals surface area (Å²) in [7, 11) is 3.40. The lowest BCUT2D eigenvalue weighted by atomic mass is 10.4. The highest BCUT2D eigenvalue weighted by Crippen LogP contribution is 2.09. The molecule has 1 aromatic rings. The molecule has 0 saturated heterocycles. The van der Waals surface area contributed by atoms with E-state index in [1.54, 1.807) is 26.4 Å². The Balaban J connectivity index is 2.28. The van der Waals surface area contributed by atoms with E-state index in [0.29, 0.717) is 18.9 Å². The summed E-state index contributed by atoms with van der Waals surface area (Å²) in [5.74, 6) is 5.83. The molecule has 0 aliphatic heterocycles. The number of pyridine rings is 1. The third-order valence-corrected chi connectivity index (χ3v) is 2.04. The zero-order valence-corrected chi connectivity index (χ0v) is 10.0. The van der Waals surface area contributed by atoms with Gasteiger partial charge in [0.05, 0.1) is 0 Å². The topological polar surface area (TPSA) is 95.3 Å². The Hall–Kier alpha value is -2.02. The van der Waals surface area contributed by atoms with Crippen LogP contribution in [0.25, 0.3) is 0 Å². The van der Waals surface area contributed by atoms with Gasteiger partial charge in [0.1, 0.15) is 5.82 Å². The van der Waals surface area contributed by atoms with Crippen LogP contribution in [-0.4, -0.2) is 43.1 Å². The van der Waals surface area contributed by atoms with Gasteiger partial charge < -0.3 is 21.0 Å². The maximum atomic E-state index is 11.2. The van der Waals surface area contributed by atoms with Crippen LogP contribution in [0, 0.1) is 0 Å². The Morgan fingerprint density at radius 1 is 1.47 bits per heavy atom. The summed E-state index contributed by atoms with van der Waals surface area (Å²) in [6, 6.07) is 3.51. The third kappa shape index (κ3) is 4.56. The fourth-order valence-corrected chi connectivity index (χ4v) is 1.15. The fraction of sp³-hybridized carbons (Fsp3) is 0.400. The molecule has 0 aliphatic rings. The maximum absolute atomic E-state index is 11.2. The molecular formula is C10H18N6O. The molecule has 7 heteroatoms. The van der Waals surface area contributed by atoms with Crippen molar-refractivity contribution < 1.29 is 4.79 Å². The second-order valence-electron chi connectivity index (χ2n) is 3.63. The highest BCUT2D eigenvalue weighted by molar-refractivity contribution is 5.73. The van der Waals surface area contributed by atoms with Gasteiger partial charge in [-0.25, -0.2) is 15.6 Å². The minimum Gasteiger partial charge on any atom is -0.383 e. The van der Waals surface area contributed by atoms with E-state index in [4.69, 9.17) is 5.84 Å². The number of carbonyl (C=O) groups excluding carboxylic acids is 1. The number of nitrogen functional groups attached to an aromatic ring is 1. The molecule has 7 nitrogen and oxygen atoms in total. The Labute approximate surface area is 100 Å². The molecule has 17 heavy (non-hydrogen) atoms. The third-order valence-electron chi connectivity index (χ3n) is 2.04. The molecule has 1 heterocycles. The summed E-state index contributed by atoms with van der Waals surface area (Å²) in [6.07, 6.45) is 1.65. The summed E-state index contributed by atoms with van der Waals surface area (Å²) in [6.45, 7) is 1.18. The number of anilines is 2. The second-order valence-corrected chi connectivity index (χ2v) is 3.63. The average molecular weight is 238 g/mol. The van der Waals surface area contributed by atoms with E-state index in [1.807, 2.05) is 6.07 Å². The highest BCUT2D eigenvalue weighted by Gasteiger charge is 2.00.